The zero-order valence-electron chi connectivity index (χ0n) is 7.12. The summed E-state index contributed by atoms with van der Waals surface area (Å²) < 4.78 is 1.05. The molecule has 0 radical (unpaired) electrons. The summed E-state index contributed by atoms with van der Waals surface area (Å²) in [5, 5.41) is 3.39. The molecule has 1 aliphatic carbocycles. The molecular weight excluding hydrogens is 202 g/mol. The van der Waals surface area contributed by atoms with Crippen LogP contribution in [0, 0.1) is 5.41 Å². The van der Waals surface area contributed by atoms with Gasteiger partial charge in [0.1, 0.15) is 0 Å². The van der Waals surface area contributed by atoms with Gasteiger partial charge in [0.15, 0.2) is 0 Å². The lowest BCUT2D eigenvalue weighted by Crippen LogP contribution is -2.24. The lowest BCUT2D eigenvalue weighted by atomic mass is 10.0. The Morgan fingerprint density at radius 1 is 1.64 bits per heavy atom. The molecule has 0 aliphatic heterocycles. The highest BCUT2D eigenvalue weighted by Gasteiger charge is 2.39. The summed E-state index contributed by atoms with van der Waals surface area (Å²) >= 11 is 3.33. The number of halogens is 1. The molecular formula is C9H16BrN. The normalized spacial score (nSPS) is 19.8. The van der Waals surface area contributed by atoms with Gasteiger partial charge in [-0.05, 0) is 24.7 Å². The Hall–Kier alpha value is 0.180. The molecule has 1 rings (SSSR count). The molecule has 64 valence electrons. The monoisotopic (exact) mass is 217 g/mol. The van der Waals surface area contributed by atoms with Crippen molar-refractivity contribution in [2.75, 3.05) is 13.1 Å². The maximum Gasteiger partial charge on any atom is 0.0265 e. The van der Waals surface area contributed by atoms with E-state index in [0.29, 0.717) is 5.41 Å². The minimum absolute atomic E-state index is 0.655. The number of rotatable bonds is 5. The van der Waals surface area contributed by atoms with Gasteiger partial charge >= 0.3 is 0 Å². The Morgan fingerprint density at radius 3 is 2.64 bits per heavy atom. The van der Waals surface area contributed by atoms with E-state index in [9.17, 15) is 0 Å². The van der Waals surface area contributed by atoms with Crippen molar-refractivity contribution in [1.82, 2.24) is 5.32 Å². The molecule has 0 aromatic rings. The minimum Gasteiger partial charge on any atom is -0.312 e. The second-order valence-corrected chi connectivity index (χ2v) is 4.60. The Labute approximate surface area is 77.4 Å². The first kappa shape index (κ1) is 9.27. The average molecular weight is 218 g/mol. The van der Waals surface area contributed by atoms with E-state index < -0.39 is 0 Å². The smallest absolute Gasteiger partial charge is 0.0265 e. The van der Waals surface area contributed by atoms with Crippen LogP contribution in [0.15, 0.2) is 11.1 Å². The van der Waals surface area contributed by atoms with Gasteiger partial charge in [0.2, 0.25) is 0 Å². The first-order valence-corrected chi connectivity index (χ1v) is 5.02. The van der Waals surface area contributed by atoms with Crippen molar-refractivity contribution in [3.05, 3.63) is 11.1 Å². The van der Waals surface area contributed by atoms with Crippen LogP contribution in [0.4, 0.5) is 0 Å². The summed E-state index contributed by atoms with van der Waals surface area (Å²) in [6, 6.07) is 0. The van der Waals surface area contributed by atoms with Crippen LogP contribution in [0.1, 0.15) is 26.2 Å². The van der Waals surface area contributed by atoms with Crippen LogP contribution in [0.3, 0.4) is 0 Å². The molecule has 0 atom stereocenters. The van der Waals surface area contributed by atoms with Gasteiger partial charge in [-0.25, -0.2) is 0 Å². The van der Waals surface area contributed by atoms with Gasteiger partial charge in [-0.15, -0.1) is 0 Å². The van der Waals surface area contributed by atoms with E-state index in [1.165, 1.54) is 19.3 Å². The van der Waals surface area contributed by atoms with Crippen molar-refractivity contribution in [2.24, 2.45) is 5.41 Å². The summed E-state index contributed by atoms with van der Waals surface area (Å²) in [6.45, 7) is 8.12. The number of nitrogens with one attached hydrogen (secondary N) is 1. The lowest BCUT2D eigenvalue weighted by Gasteiger charge is -2.12. The molecule has 0 aromatic heterocycles. The molecule has 0 unspecified atom stereocenters. The largest absolute Gasteiger partial charge is 0.312 e. The van der Waals surface area contributed by atoms with Crippen LogP contribution < -0.4 is 5.32 Å². The van der Waals surface area contributed by atoms with Gasteiger partial charge in [0.05, 0.1) is 0 Å². The quantitative estimate of drug-likeness (QED) is 0.748. The summed E-state index contributed by atoms with van der Waals surface area (Å²) in [5.41, 5.74) is 0.655. The minimum atomic E-state index is 0.655. The molecule has 0 spiro atoms. The van der Waals surface area contributed by atoms with Gasteiger partial charge < -0.3 is 5.32 Å². The third-order valence-corrected chi connectivity index (χ3v) is 2.80. The van der Waals surface area contributed by atoms with Crippen LogP contribution in [0.2, 0.25) is 0 Å². The van der Waals surface area contributed by atoms with Crippen LogP contribution in [-0.4, -0.2) is 13.1 Å². The summed E-state index contributed by atoms with van der Waals surface area (Å²) in [5.74, 6) is 0. The van der Waals surface area contributed by atoms with E-state index in [1.807, 2.05) is 0 Å². The SMILES string of the molecule is C=C(Br)CNCC1(CC)CC1. The third-order valence-electron chi connectivity index (χ3n) is 2.52. The zero-order valence-corrected chi connectivity index (χ0v) is 8.71. The molecule has 0 aromatic carbocycles. The molecule has 1 aliphatic rings. The predicted molar refractivity (Wildman–Crippen MR) is 52.9 cm³/mol. The zero-order chi connectivity index (χ0) is 8.32. The van der Waals surface area contributed by atoms with E-state index in [4.69, 9.17) is 0 Å². The van der Waals surface area contributed by atoms with Crippen LogP contribution in [0.25, 0.3) is 0 Å². The second-order valence-electron chi connectivity index (χ2n) is 3.47. The maximum absolute atomic E-state index is 3.78. The fourth-order valence-electron chi connectivity index (χ4n) is 1.30. The lowest BCUT2D eigenvalue weighted by molar-refractivity contribution is 0.456. The molecule has 0 heterocycles. The maximum atomic E-state index is 3.78. The predicted octanol–water partition coefficient (Wildman–Crippen LogP) is 2.67. The van der Waals surface area contributed by atoms with Gasteiger partial charge in [0.25, 0.3) is 0 Å². The fourth-order valence-corrected chi connectivity index (χ4v) is 1.49. The Morgan fingerprint density at radius 2 is 2.27 bits per heavy atom. The highest BCUT2D eigenvalue weighted by molar-refractivity contribution is 9.11. The molecule has 2 heteroatoms. The van der Waals surface area contributed by atoms with Crippen LogP contribution in [-0.2, 0) is 0 Å². The van der Waals surface area contributed by atoms with E-state index in [2.05, 4.69) is 34.7 Å². The van der Waals surface area contributed by atoms with Crippen molar-refractivity contribution < 1.29 is 0 Å². The van der Waals surface area contributed by atoms with E-state index >= 15 is 0 Å². The number of hydrogen-bond donors (Lipinski definition) is 1. The Bertz CT molecular complexity index is 150. The van der Waals surface area contributed by atoms with Gasteiger partial charge in [0, 0.05) is 17.6 Å². The van der Waals surface area contributed by atoms with Crippen molar-refractivity contribution in [1.29, 1.82) is 0 Å². The first-order valence-electron chi connectivity index (χ1n) is 4.22. The molecule has 0 amide bonds. The molecule has 11 heavy (non-hydrogen) atoms. The fraction of sp³-hybridized carbons (Fsp3) is 0.778. The molecule has 0 bridgehead atoms. The Balaban J connectivity index is 2.07. The van der Waals surface area contributed by atoms with Crippen LogP contribution in [0.5, 0.6) is 0 Å². The number of hydrogen-bond acceptors (Lipinski definition) is 1. The summed E-state index contributed by atoms with van der Waals surface area (Å²) in [7, 11) is 0. The topological polar surface area (TPSA) is 12.0 Å². The van der Waals surface area contributed by atoms with Crippen molar-refractivity contribution >= 4 is 15.9 Å². The van der Waals surface area contributed by atoms with E-state index in [-0.39, 0.29) is 0 Å². The van der Waals surface area contributed by atoms with Crippen molar-refractivity contribution in [3.63, 3.8) is 0 Å². The van der Waals surface area contributed by atoms with E-state index in [0.717, 1.165) is 17.6 Å². The molecule has 1 N–H and O–H groups in total. The highest BCUT2D eigenvalue weighted by atomic mass is 79.9. The summed E-state index contributed by atoms with van der Waals surface area (Å²) in [4.78, 5) is 0. The molecule has 0 saturated heterocycles. The van der Waals surface area contributed by atoms with Gasteiger partial charge in [-0.1, -0.05) is 29.4 Å². The standard InChI is InChI=1S/C9H16BrN/c1-3-9(4-5-9)7-11-6-8(2)10/h11H,2-7H2,1H3. The van der Waals surface area contributed by atoms with Gasteiger partial charge in [-0.3, -0.25) is 0 Å². The molecule has 1 nitrogen and oxygen atoms in total. The van der Waals surface area contributed by atoms with Crippen molar-refractivity contribution in [2.45, 2.75) is 26.2 Å². The third kappa shape index (κ3) is 2.96. The first-order chi connectivity index (χ1) is 5.18. The molecule has 1 fully saturated rings. The second kappa shape index (κ2) is 3.72. The Kier molecular flexibility index (Phi) is 3.14. The summed E-state index contributed by atoms with van der Waals surface area (Å²) in [6.07, 6.45) is 4.13. The van der Waals surface area contributed by atoms with Gasteiger partial charge in [-0.2, -0.15) is 0 Å². The van der Waals surface area contributed by atoms with Crippen LogP contribution >= 0.6 is 15.9 Å². The van der Waals surface area contributed by atoms with E-state index in [1.54, 1.807) is 0 Å². The highest BCUT2D eigenvalue weighted by Crippen LogP contribution is 2.47. The average Bonchev–Trinajstić information content (AvgIpc) is 2.69. The van der Waals surface area contributed by atoms with Crippen molar-refractivity contribution in [3.8, 4) is 0 Å². The molecule has 1 saturated carbocycles.